The van der Waals surface area contributed by atoms with Crippen LogP contribution in [0.4, 0.5) is 0 Å². The van der Waals surface area contributed by atoms with Crippen molar-refractivity contribution >= 4 is 11.6 Å². The highest BCUT2D eigenvalue weighted by Gasteiger charge is 2.01. The zero-order valence-electron chi connectivity index (χ0n) is 9.31. The van der Waals surface area contributed by atoms with Gasteiger partial charge in [0.15, 0.2) is 0 Å². The van der Waals surface area contributed by atoms with E-state index in [0.717, 1.165) is 17.8 Å². The molecule has 0 bridgehead atoms. The molecular formula is C12H15N3O. The second-order valence-electron chi connectivity index (χ2n) is 3.65. The van der Waals surface area contributed by atoms with Crippen LogP contribution < -0.4 is 5.32 Å². The summed E-state index contributed by atoms with van der Waals surface area (Å²) in [4.78, 5) is 15.5. The van der Waals surface area contributed by atoms with Crippen molar-refractivity contribution in [1.29, 1.82) is 0 Å². The van der Waals surface area contributed by atoms with Crippen molar-refractivity contribution in [1.82, 2.24) is 14.7 Å². The standard InChI is InChI=1S/C12H15N3O/c1-2-12(16)13-7-6-10-9-15-8-4-3-5-11(15)14-10/h3-5,8-9H,2,6-7H2,1H3,(H,13,16). The van der Waals surface area contributed by atoms with Gasteiger partial charge in [0.1, 0.15) is 5.65 Å². The van der Waals surface area contributed by atoms with E-state index in [4.69, 9.17) is 0 Å². The van der Waals surface area contributed by atoms with Crippen LogP contribution in [0.25, 0.3) is 5.65 Å². The van der Waals surface area contributed by atoms with Gasteiger partial charge in [-0.25, -0.2) is 4.98 Å². The van der Waals surface area contributed by atoms with Crippen LogP contribution >= 0.6 is 0 Å². The molecule has 0 spiro atoms. The third kappa shape index (κ3) is 2.39. The number of imidazole rings is 1. The van der Waals surface area contributed by atoms with Gasteiger partial charge in [0.25, 0.3) is 0 Å². The molecule has 0 unspecified atom stereocenters. The van der Waals surface area contributed by atoms with E-state index in [1.54, 1.807) is 0 Å². The predicted molar refractivity (Wildman–Crippen MR) is 62.2 cm³/mol. The average Bonchev–Trinajstić information content (AvgIpc) is 2.71. The normalized spacial score (nSPS) is 10.6. The number of fused-ring (bicyclic) bond motifs is 1. The minimum Gasteiger partial charge on any atom is -0.356 e. The van der Waals surface area contributed by atoms with Crippen molar-refractivity contribution < 1.29 is 4.79 Å². The van der Waals surface area contributed by atoms with Crippen molar-refractivity contribution in [3.63, 3.8) is 0 Å². The largest absolute Gasteiger partial charge is 0.356 e. The molecule has 1 amide bonds. The van der Waals surface area contributed by atoms with Gasteiger partial charge >= 0.3 is 0 Å². The number of hydrogen-bond donors (Lipinski definition) is 1. The maximum absolute atomic E-state index is 11.0. The van der Waals surface area contributed by atoms with E-state index in [9.17, 15) is 4.79 Å². The molecule has 0 aliphatic carbocycles. The van der Waals surface area contributed by atoms with E-state index in [1.165, 1.54) is 0 Å². The first kappa shape index (κ1) is 10.7. The summed E-state index contributed by atoms with van der Waals surface area (Å²) in [6, 6.07) is 5.90. The molecule has 4 heteroatoms. The molecule has 1 N–H and O–H groups in total. The van der Waals surface area contributed by atoms with E-state index < -0.39 is 0 Å². The summed E-state index contributed by atoms with van der Waals surface area (Å²) in [5, 5.41) is 2.84. The van der Waals surface area contributed by atoms with Crippen molar-refractivity contribution in [2.75, 3.05) is 6.54 Å². The van der Waals surface area contributed by atoms with Crippen molar-refractivity contribution in [2.24, 2.45) is 0 Å². The fourth-order valence-electron chi connectivity index (χ4n) is 1.56. The lowest BCUT2D eigenvalue weighted by Gasteiger charge is -2.00. The highest BCUT2D eigenvalue weighted by molar-refractivity contribution is 5.75. The molecule has 84 valence electrons. The van der Waals surface area contributed by atoms with Crippen LogP contribution in [0.5, 0.6) is 0 Å². The van der Waals surface area contributed by atoms with Gasteiger partial charge in [0, 0.05) is 31.8 Å². The molecule has 0 radical (unpaired) electrons. The lowest BCUT2D eigenvalue weighted by Crippen LogP contribution is -2.24. The van der Waals surface area contributed by atoms with E-state index in [-0.39, 0.29) is 5.91 Å². The number of nitrogens with zero attached hydrogens (tertiary/aromatic N) is 2. The maximum atomic E-state index is 11.0. The lowest BCUT2D eigenvalue weighted by atomic mass is 10.3. The number of rotatable bonds is 4. The summed E-state index contributed by atoms with van der Waals surface area (Å²) in [5.41, 5.74) is 1.95. The van der Waals surface area contributed by atoms with Crippen LogP contribution in [-0.2, 0) is 11.2 Å². The predicted octanol–water partition coefficient (Wildman–Crippen LogP) is 1.40. The van der Waals surface area contributed by atoms with Gasteiger partial charge in [0.2, 0.25) is 5.91 Å². The van der Waals surface area contributed by atoms with Crippen molar-refractivity contribution in [3.05, 3.63) is 36.3 Å². The topological polar surface area (TPSA) is 46.4 Å². The van der Waals surface area contributed by atoms with Gasteiger partial charge in [-0.05, 0) is 12.1 Å². The molecule has 0 aliphatic rings. The van der Waals surface area contributed by atoms with E-state index in [2.05, 4.69) is 10.3 Å². The first-order valence-electron chi connectivity index (χ1n) is 5.49. The molecule has 2 rings (SSSR count). The second-order valence-corrected chi connectivity index (χ2v) is 3.65. The minimum atomic E-state index is 0.0868. The monoisotopic (exact) mass is 217 g/mol. The zero-order chi connectivity index (χ0) is 11.4. The Labute approximate surface area is 94.3 Å². The first-order chi connectivity index (χ1) is 7.79. The minimum absolute atomic E-state index is 0.0868. The van der Waals surface area contributed by atoms with Crippen LogP contribution in [0.1, 0.15) is 19.0 Å². The molecule has 16 heavy (non-hydrogen) atoms. The van der Waals surface area contributed by atoms with Crippen LogP contribution in [0.2, 0.25) is 0 Å². The number of carbonyl (C=O) groups excluding carboxylic acids is 1. The number of aromatic nitrogens is 2. The number of amides is 1. The summed E-state index contributed by atoms with van der Waals surface area (Å²) >= 11 is 0. The van der Waals surface area contributed by atoms with Crippen LogP contribution in [0.15, 0.2) is 30.6 Å². The van der Waals surface area contributed by atoms with Crippen LogP contribution in [0.3, 0.4) is 0 Å². The summed E-state index contributed by atoms with van der Waals surface area (Å²) in [7, 11) is 0. The van der Waals surface area contributed by atoms with Gasteiger partial charge in [-0.15, -0.1) is 0 Å². The number of hydrogen-bond acceptors (Lipinski definition) is 2. The summed E-state index contributed by atoms with van der Waals surface area (Å²) in [5.74, 6) is 0.0868. The fourth-order valence-corrected chi connectivity index (χ4v) is 1.56. The van der Waals surface area contributed by atoms with Gasteiger partial charge in [-0.1, -0.05) is 13.0 Å². The lowest BCUT2D eigenvalue weighted by molar-refractivity contribution is -0.120. The number of pyridine rings is 1. The summed E-state index contributed by atoms with van der Waals surface area (Å²) in [6.07, 6.45) is 5.27. The zero-order valence-corrected chi connectivity index (χ0v) is 9.31. The maximum Gasteiger partial charge on any atom is 0.219 e. The molecule has 2 aromatic rings. The molecule has 0 fully saturated rings. The Morgan fingerprint density at radius 2 is 2.38 bits per heavy atom. The van der Waals surface area contributed by atoms with E-state index in [1.807, 2.05) is 41.9 Å². The van der Waals surface area contributed by atoms with Gasteiger partial charge in [-0.3, -0.25) is 4.79 Å². The second kappa shape index (κ2) is 4.79. The van der Waals surface area contributed by atoms with E-state index in [0.29, 0.717) is 13.0 Å². The Balaban J connectivity index is 1.97. The Morgan fingerprint density at radius 3 is 3.12 bits per heavy atom. The highest BCUT2D eigenvalue weighted by atomic mass is 16.1. The molecule has 2 aromatic heterocycles. The molecule has 4 nitrogen and oxygen atoms in total. The molecule has 0 aliphatic heterocycles. The van der Waals surface area contributed by atoms with Crippen molar-refractivity contribution in [3.8, 4) is 0 Å². The van der Waals surface area contributed by atoms with Gasteiger partial charge in [0.05, 0.1) is 5.69 Å². The number of carbonyl (C=O) groups is 1. The Hall–Kier alpha value is -1.84. The molecule has 0 atom stereocenters. The molecular weight excluding hydrogens is 202 g/mol. The molecule has 2 heterocycles. The third-order valence-electron chi connectivity index (χ3n) is 2.44. The average molecular weight is 217 g/mol. The first-order valence-corrected chi connectivity index (χ1v) is 5.49. The summed E-state index contributed by atoms with van der Waals surface area (Å²) < 4.78 is 1.98. The Morgan fingerprint density at radius 1 is 1.50 bits per heavy atom. The third-order valence-corrected chi connectivity index (χ3v) is 2.44. The SMILES string of the molecule is CCC(=O)NCCc1cn2ccccc2n1. The quantitative estimate of drug-likeness (QED) is 0.841. The molecule has 0 saturated heterocycles. The van der Waals surface area contributed by atoms with Crippen LogP contribution in [0, 0.1) is 0 Å². The van der Waals surface area contributed by atoms with Crippen LogP contribution in [-0.4, -0.2) is 21.8 Å². The fraction of sp³-hybridized carbons (Fsp3) is 0.333. The molecule has 0 aromatic carbocycles. The Bertz CT molecular complexity index is 457. The Kier molecular flexibility index (Phi) is 3.19. The van der Waals surface area contributed by atoms with Gasteiger partial charge in [-0.2, -0.15) is 0 Å². The summed E-state index contributed by atoms with van der Waals surface area (Å²) in [6.45, 7) is 2.50. The van der Waals surface area contributed by atoms with Gasteiger partial charge < -0.3 is 9.72 Å². The highest BCUT2D eigenvalue weighted by Crippen LogP contribution is 2.04. The number of nitrogens with one attached hydrogen (secondary N) is 1. The smallest absolute Gasteiger partial charge is 0.219 e. The molecule has 0 saturated carbocycles. The van der Waals surface area contributed by atoms with E-state index >= 15 is 0 Å². The van der Waals surface area contributed by atoms with Crippen molar-refractivity contribution in [2.45, 2.75) is 19.8 Å².